The van der Waals surface area contributed by atoms with Crippen LogP contribution in [0, 0.1) is 5.41 Å². The van der Waals surface area contributed by atoms with Gasteiger partial charge in [-0.25, -0.2) is 0 Å². The van der Waals surface area contributed by atoms with Crippen LogP contribution in [-0.4, -0.2) is 29.4 Å². The molecule has 17 heavy (non-hydrogen) atoms. The first kappa shape index (κ1) is 14.4. The van der Waals surface area contributed by atoms with Crippen LogP contribution < -0.4 is 11.1 Å². The van der Waals surface area contributed by atoms with Crippen molar-refractivity contribution in [3.8, 4) is 0 Å². The molecule has 4 nitrogen and oxygen atoms in total. The number of amides is 2. The van der Waals surface area contributed by atoms with Crippen LogP contribution in [0.2, 0.25) is 0 Å². The minimum absolute atomic E-state index is 0.0877. The van der Waals surface area contributed by atoms with Crippen LogP contribution in [0.1, 0.15) is 39.5 Å². The molecule has 0 aromatic carbocycles. The van der Waals surface area contributed by atoms with Crippen molar-refractivity contribution in [1.82, 2.24) is 5.32 Å². The van der Waals surface area contributed by atoms with Crippen molar-refractivity contribution in [2.24, 2.45) is 11.1 Å². The van der Waals surface area contributed by atoms with Crippen molar-refractivity contribution in [3.63, 3.8) is 0 Å². The molecular weight excluding hydrogens is 236 g/mol. The lowest BCUT2D eigenvalue weighted by atomic mass is 9.92. The number of rotatable bonds is 6. The van der Waals surface area contributed by atoms with Crippen LogP contribution in [0.4, 0.5) is 0 Å². The minimum atomic E-state index is -0.326. The third-order valence-corrected chi connectivity index (χ3v) is 4.03. The highest BCUT2D eigenvalue weighted by molar-refractivity contribution is 7.99. The van der Waals surface area contributed by atoms with E-state index < -0.39 is 0 Å². The monoisotopic (exact) mass is 258 g/mol. The van der Waals surface area contributed by atoms with E-state index in [9.17, 15) is 9.59 Å². The molecule has 3 N–H and O–H groups in total. The maximum Gasteiger partial charge on any atom is 0.227 e. The van der Waals surface area contributed by atoms with Crippen molar-refractivity contribution < 1.29 is 9.59 Å². The summed E-state index contributed by atoms with van der Waals surface area (Å²) in [5.41, 5.74) is 5.37. The summed E-state index contributed by atoms with van der Waals surface area (Å²) in [6, 6.07) is 0.332. The van der Waals surface area contributed by atoms with Gasteiger partial charge in [-0.1, -0.05) is 13.8 Å². The van der Waals surface area contributed by atoms with Gasteiger partial charge in [-0.15, -0.1) is 0 Å². The van der Waals surface area contributed by atoms with Crippen molar-refractivity contribution >= 4 is 23.6 Å². The number of hydrogen-bond donors (Lipinski definition) is 2. The van der Waals surface area contributed by atoms with E-state index in [0.29, 0.717) is 29.4 Å². The molecule has 0 spiro atoms. The molecule has 0 aromatic heterocycles. The average molecular weight is 258 g/mol. The largest absolute Gasteiger partial charge is 0.369 e. The summed E-state index contributed by atoms with van der Waals surface area (Å²) in [5, 5.41) is 3.05. The van der Waals surface area contributed by atoms with Crippen LogP contribution >= 0.6 is 11.8 Å². The molecule has 1 fully saturated rings. The molecule has 1 unspecified atom stereocenters. The van der Waals surface area contributed by atoms with Crippen LogP contribution in [0.3, 0.4) is 0 Å². The van der Waals surface area contributed by atoms with Gasteiger partial charge in [0.15, 0.2) is 0 Å². The molecule has 0 radical (unpaired) electrons. The molecule has 1 atom stereocenters. The first-order chi connectivity index (χ1) is 7.89. The molecule has 1 aliphatic carbocycles. The fourth-order valence-corrected chi connectivity index (χ4v) is 2.87. The number of hydrogen-bond acceptors (Lipinski definition) is 3. The number of primary amides is 1. The van der Waals surface area contributed by atoms with Gasteiger partial charge in [-0.3, -0.25) is 9.59 Å². The standard InChI is InChI=1S/C12H22N2O2S/c1-12(2)5-3-9(7-12)14-11(16)4-6-17-8-10(13)15/h9H,3-8H2,1-2H3,(H2,13,15)(H,14,16). The average Bonchev–Trinajstić information content (AvgIpc) is 2.52. The summed E-state index contributed by atoms with van der Waals surface area (Å²) < 4.78 is 0. The second kappa shape index (κ2) is 6.28. The van der Waals surface area contributed by atoms with Gasteiger partial charge in [0.25, 0.3) is 0 Å². The van der Waals surface area contributed by atoms with E-state index in [1.54, 1.807) is 0 Å². The molecule has 2 amide bonds. The normalized spacial score (nSPS) is 22.4. The number of nitrogens with one attached hydrogen (secondary N) is 1. The van der Waals surface area contributed by atoms with E-state index in [4.69, 9.17) is 5.73 Å². The smallest absolute Gasteiger partial charge is 0.227 e. The van der Waals surface area contributed by atoms with E-state index in [1.165, 1.54) is 18.2 Å². The summed E-state index contributed by atoms with van der Waals surface area (Å²) in [6.07, 6.45) is 3.78. The molecule has 1 aliphatic rings. The van der Waals surface area contributed by atoms with Gasteiger partial charge < -0.3 is 11.1 Å². The molecule has 1 saturated carbocycles. The maximum atomic E-state index is 11.6. The number of carbonyl (C=O) groups is 2. The topological polar surface area (TPSA) is 72.2 Å². The van der Waals surface area contributed by atoms with Crippen LogP contribution in [0.5, 0.6) is 0 Å². The predicted octanol–water partition coefficient (Wildman–Crippen LogP) is 1.29. The molecule has 98 valence electrons. The molecule has 0 aromatic rings. The van der Waals surface area contributed by atoms with E-state index in [0.717, 1.165) is 12.8 Å². The van der Waals surface area contributed by atoms with E-state index in [2.05, 4.69) is 19.2 Å². The van der Waals surface area contributed by atoms with Gasteiger partial charge in [0.1, 0.15) is 0 Å². The lowest BCUT2D eigenvalue weighted by molar-refractivity contribution is -0.121. The highest BCUT2D eigenvalue weighted by Crippen LogP contribution is 2.36. The molecule has 0 saturated heterocycles. The summed E-state index contributed by atoms with van der Waals surface area (Å²) in [5.74, 6) is 0.715. The molecular formula is C12H22N2O2S. The van der Waals surface area contributed by atoms with E-state index in [-0.39, 0.29) is 11.8 Å². The molecule has 0 heterocycles. The zero-order valence-corrected chi connectivity index (χ0v) is 11.4. The van der Waals surface area contributed by atoms with E-state index >= 15 is 0 Å². The summed E-state index contributed by atoms with van der Waals surface area (Å²) in [4.78, 5) is 22.1. The van der Waals surface area contributed by atoms with Crippen molar-refractivity contribution in [2.75, 3.05) is 11.5 Å². The minimum Gasteiger partial charge on any atom is -0.369 e. The Kier molecular flexibility index (Phi) is 5.31. The fraction of sp³-hybridized carbons (Fsp3) is 0.833. The Balaban J connectivity index is 2.11. The third-order valence-electron chi connectivity index (χ3n) is 3.05. The summed E-state index contributed by atoms with van der Waals surface area (Å²) in [6.45, 7) is 4.48. The first-order valence-electron chi connectivity index (χ1n) is 6.04. The van der Waals surface area contributed by atoms with Crippen LogP contribution in [-0.2, 0) is 9.59 Å². The Bertz CT molecular complexity index is 292. The maximum absolute atomic E-state index is 11.6. The van der Waals surface area contributed by atoms with Crippen LogP contribution in [0.25, 0.3) is 0 Å². The first-order valence-corrected chi connectivity index (χ1v) is 7.20. The number of thioether (sulfide) groups is 1. The molecule has 5 heteroatoms. The zero-order valence-electron chi connectivity index (χ0n) is 10.6. The van der Waals surface area contributed by atoms with Gasteiger partial charge in [-0.2, -0.15) is 11.8 Å². The highest BCUT2D eigenvalue weighted by atomic mass is 32.2. The fourth-order valence-electron chi connectivity index (χ4n) is 2.20. The Morgan fingerprint density at radius 3 is 2.71 bits per heavy atom. The quantitative estimate of drug-likeness (QED) is 0.705. The summed E-state index contributed by atoms with van der Waals surface area (Å²) >= 11 is 1.41. The second-order valence-corrected chi connectivity index (χ2v) is 6.55. The zero-order chi connectivity index (χ0) is 12.9. The number of nitrogens with two attached hydrogens (primary N) is 1. The van der Waals surface area contributed by atoms with Crippen molar-refractivity contribution in [2.45, 2.75) is 45.6 Å². The molecule has 0 aliphatic heterocycles. The molecule has 1 rings (SSSR count). The Morgan fingerprint density at radius 1 is 1.47 bits per heavy atom. The Labute approximate surface area is 107 Å². The van der Waals surface area contributed by atoms with Gasteiger partial charge in [0, 0.05) is 18.2 Å². The SMILES string of the molecule is CC1(C)CCC(NC(=O)CCSCC(N)=O)C1. The van der Waals surface area contributed by atoms with Gasteiger partial charge in [-0.05, 0) is 24.7 Å². The molecule has 0 bridgehead atoms. The Hall–Kier alpha value is -0.710. The third kappa shape index (κ3) is 5.96. The van der Waals surface area contributed by atoms with Gasteiger partial charge in [0.05, 0.1) is 5.75 Å². The summed E-state index contributed by atoms with van der Waals surface area (Å²) in [7, 11) is 0. The lowest BCUT2D eigenvalue weighted by Gasteiger charge is -2.17. The van der Waals surface area contributed by atoms with E-state index in [1.807, 2.05) is 0 Å². The van der Waals surface area contributed by atoms with Crippen molar-refractivity contribution in [3.05, 3.63) is 0 Å². The van der Waals surface area contributed by atoms with Gasteiger partial charge in [0.2, 0.25) is 11.8 Å². The number of carbonyl (C=O) groups excluding carboxylic acids is 2. The predicted molar refractivity (Wildman–Crippen MR) is 70.7 cm³/mol. The lowest BCUT2D eigenvalue weighted by Crippen LogP contribution is -2.33. The Morgan fingerprint density at radius 2 is 2.18 bits per heavy atom. The highest BCUT2D eigenvalue weighted by Gasteiger charge is 2.31. The van der Waals surface area contributed by atoms with Crippen molar-refractivity contribution in [1.29, 1.82) is 0 Å². The van der Waals surface area contributed by atoms with Gasteiger partial charge >= 0.3 is 0 Å². The van der Waals surface area contributed by atoms with Crippen LogP contribution in [0.15, 0.2) is 0 Å². The second-order valence-electron chi connectivity index (χ2n) is 5.44.